The van der Waals surface area contributed by atoms with Crippen LogP contribution in [0.25, 0.3) is 0 Å². The summed E-state index contributed by atoms with van der Waals surface area (Å²) in [5.41, 5.74) is 1.16. The van der Waals surface area contributed by atoms with Crippen molar-refractivity contribution in [2.24, 2.45) is 5.92 Å². The van der Waals surface area contributed by atoms with Gasteiger partial charge in [-0.15, -0.1) is 0 Å². The maximum Gasteiger partial charge on any atom is 0.416 e. The van der Waals surface area contributed by atoms with Gasteiger partial charge in [0.1, 0.15) is 5.82 Å². The van der Waals surface area contributed by atoms with Gasteiger partial charge in [0.2, 0.25) is 10.0 Å². The third kappa shape index (κ3) is 5.73. The molecule has 0 unspecified atom stereocenters. The Labute approximate surface area is 219 Å². The molecule has 6 nitrogen and oxygen atoms in total. The van der Waals surface area contributed by atoms with Gasteiger partial charge in [-0.25, -0.2) is 17.8 Å². The number of sulfonamides is 1. The van der Waals surface area contributed by atoms with Gasteiger partial charge in [-0.05, 0) is 66.8 Å². The molecular weight excluding hydrogens is 520 g/mol. The fourth-order valence-electron chi connectivity index (χ4n) is 5.64. The highest BCUT2D eigenvalue weighted by Crippen LogP contribution is 2.37. The van der Waals surface area contributed by atoms with Crippen LogP contribution in [0.3, 0.4) is 0 Å². The molecule has 38 heavy (non-hydrogen) atoms. The van der Waals surface area contributed by atoms with Crippen molar-refractivity contribution in [1.29, 1.82) is 0 Å². The lowest BCUT2D eigenvalue weighted by Crippen LogP contribution is -2.43. The fraction of sp³-hybridized carbons (Fsp3) is 0.444. The second-order valence-electron chi connectivity index (χ2n) is 10.2. The lowest BCUT2D eigenvalue weighted by Gasteiger charge is -2.34. The summed E-state index contributed by atoms with van der Waals surface area (Å²) in [4.78, 5) is 9.09. The number of nitrogens with zero attached hydrogens (tertiary/aromatic N) is 3. The Balaban J connectivity index is 1.52. The van der Waals surface area contributed by atoms with Crippen molar-refractivity contribution in [3.8, 4) is 0 Å². The van der Waals surface area contributed by atoms with Crippen molar-refractivity contribution in [1.82, 2.24) is 14.3 Å². The molecule has 1 fully saturated rings. The monoisotopic (exact) mass is 550 g/mol. The van der Waals surface area contributed by atoms with Crippen molar-refractivity contribution in [3.05, 3.63) is 77.6 Å². The molecule has 1 aliphatic heterocycles. The molecular formula is C27H30F4N4O2S. The largest absolute Gasteiger partial charge is 0.416 e. The Morgan fingerprint density at radius 2 is 1.76 bits per heavy atom. The molecule has 0 spiro atoms. The second kappa shape index (κ2) is 10.7. The molecule has 0 radical (unpaired) electrons. The van der Waals surface area contributed by atoms with E-state index in [1.165, 1.54) is 29.3 Å². The molecule has 2 aliphatic rings. The number of hydrogen-bond donors (Lipinski definition) is 1. The summed E-state index contributed by atoms with van der Waals surface area (Å²) in [5.74, 6) is 0.0986. The molecule has 0 amide bonds. The van der Waals surface area contributed by atoms with Crippen LogP contribution in [-0.2, 0) is 29.3 Å². The average molecular weight is 551 g/mol. The first-order valence-corrected chi connectivity index (χ1v) is 14.2. The molecule has 0 saturated heterocycles. The van der Waals surface area contributed by atoms with Gasteiger partial charge in [0.15, 0.2) is 0 Å². The van der Waals surface area contributed by atoms with Crippen molar-refractivity contribution >= 4 is 15.7 Å². The highest BCUT2D eigenvalue weighted by atomic mass is 32.2. The van der Waals surface area contributed by atoms with E-state index in [4.69, 9.17) is 0 Å². The molecule has 1 aromatic heterocycles. The van der Waals surface area contributed by atoms with Gasteiger partial charge < -0.3 is 9.88 Å². The van der Waals surface area contributed by atoms with Crippen LogP contribution >= 0.6 is 0 Å². The second-order valence-corrected chi connectivity index (χ2v) is 12.1. The summed E-state index contributed by atoms with van der Waals surface area (Å²) in [6.45, 7) is 0.471. The molecule has 1 saturated carbocycles. The van der Waals surface area contributed by atoms with Crippen LogP contribution in [0.5, 0.6) is 0 Å². The van der Waals surface area contributed by atoms with E-state index in [9.17, 15) is 26.0 Å². The maximum absolute atomic E-state index is 14.4. The summed E-state index contributed by atoms with van der Waals surface area (Å²) < 4.78 is 82.4. The minimum atomic E-state index is -4.57. The van der Waals surface area contributed by atoms with Gasteiger partial charge in [0, 0.05) is 31.0 Å². The van der Waals surface area contributed by atoms with Crippen LogP contribution in [0.1, 0.15) is 55.3 Å². The number of aromatic nitrogens is 2. The molecule has 1 aliphatic carbocycles. The molecule has 0 bridgehead atoms. The zero-order chi connectivity index (χ0) is 26.9. The quantitative estimate of drug-likeness (QED) is 0.360. The van der Waals surface area contributed by atoms with Crippen molar-refractivity contribution in [3.63, 3.8) is 0 Å². The van der Waals surface area contributed by atoms with Gasteiger partial charge in [-0.3, -0.25) is 0 Å². The summed E-state index contributed by atoms with van der Waals surface area (Å²) in [5, 5.41) is 0. The van der Waals surface area contributed by atoms with E-state index in [0.717, 1.165) is 61.3 Å². The normalized spacial score (nSPS) is 19.5. The van der Waals surface area contributed by atoms with Crippen LogP contribution in [0.15, 0.2) is 59.9 Å². The van der Waals surface area contributed by atoms with E-state index < -0.39 is 27.6 Å². The lowest BCUT2D eigenvalue weighted by atomic mass is 9.97. The Hall–Kier alpha value is -2.92. The van der Waals surface area contributed by atoms with E-state index in [0.29, 0.717) is 18.0 Å². The van der Waals surface area contributed by atoms with E-state index in [1.807, 2.05) is 0 Å². The number of halogens is 4. The Kier molecular flexibility index (Phi) is 7.50. The molecule has 2 heterocycles. The molecule has 3 aromatic rings. The Morgan fingerprint density at radius 1 is 1.03 bits per heavy atom. The van der Waals surface area contributed by atoms with E-state index in [1.54, 1.807) is 18.6 Å². The highest BCUT2D eigenvalue weighted by molar-refractivity contribution is 7.89. The van der Waals surface area contributed by atoms with Gasteiger partial charge in [0.05, 0.1) is 29.0 Å². The number of rotatable bonds is 7. The number of benzene rings is 2. The first-order valence-electron chi connectivity index (χ1n) is 12.8. The highest BCUT2D eigenvalue weighted by Gasteiger charge is 2.36. The smallest absolute Gasteiger partial charge is 0.361 e. The van der Waals surface area contributed by atoms with Crippen molar-refractivity contribution < 1.29 is 26.0 Å². The van der Waals surface area contributed by atoms with Crippen LogP contribution in [0.4, 0.5) is 23.2 Å². The fourth-order valence-corrected chi connectivity index (χ4v) is 7.09. The van der Waals surface area contributed by atoms with E-state index in [-0.39, 0.29) is 24.0 Å². The first-order chi connectivity index (χ1) is 18.1. The number of anilines is 1. The maximum atomic E-state index is 14.4. The van der Waals surface area contributed by atoms with E-state index >= 15 is 0 Å². The zero-order valence-corrected chi connectivity index (χ0v) is 21.6. The predicted molar refractivity (Wildman–Crippen MR) is 135 cm³/mol. The van der Waals surface area contributed by atoms with Crippen LogP contribution in [0.2, 0.25) is 0 Å². The summed E-state index contributed by atoms with van der Waals surface area (Å²) >= 11 is 0. The first kappa shape index (κ1) is 26.7. The van der Waals surface area contributed by atoms with Gasteiger partial charge in [0.25, 0.3) is 0 Å². The van der Waals surface area contributed by atoms with Crippen LogP contribution in [-0.4, -0.2) is 35.3 Å². The predicted octanol–water partition coefficient (Wildman–Crippen LogP) is 6.12. The molecule has 1 atom stereocenters. The molecule has 204 valence electrons. The molecule has 11 heteroatoms. The number of aromatic amines is 1. The number of imidazole rings is 1. The summed E-state index contributed by atoms with van der Waals surface area (Å²) in [6, 6.07) is 7.70. The molecule has 5 rings (SSSR count). The van der Waals surface area contributed by atoms with Crippen molar-refractivity contribution in [2.45, 2.75) is 68.7 Å². The standard InChI is InChI=1S/C27H30F4N4O2S/c28-22-8-12-26-20(13-22)15-34(38(36,37)25-10-6-21(7-11-25)27(29,30)31)17-24(9-5-19-3-1-2-4-19)35(26)16-23-14-32-18-33-23/h6-8,10-14,18-19,24H,1-5,9,15-17H2,(H,32,33)/t24-/m0/s1. The summed E-state index contributed by atoms with van der Waals surface area (Å²) in [6.07, 6.45) is 5.09. The average Bonchev–Trinajstić information content (AvgIpc) is 3.56. The number of H-pyrrole nitrogens is 1. The summed E-state index contributed by atoms with van der Waals surface area (Å²) in [7, 11) is -4.16. The van der Waals surface area contributed by atoms with Gasteiger partial charge >= 0.3 is 6.18 Å². The Bertz CT molecular complexity index is 1340. The van der Waals surface area contributed by atoms with Crippen molar-refractivity contribution in [2.75, 3.05) is 11.4 Å². The zero-order valence-electron chi connectivity index (χ0n) is 20.8. The van der Waals surface area contributed by atoms with E-state index in [2.05, 4.69) is 14.9 Å². The van der Waals surface area contributed by atoms with Crippen LogP contribution < -0.4 is 4.90 Å². The lowest BCUT2D eigenvalue weighted by molar-refractivity contribution is -0.137. The third-order valence-corrected chi connectivity index (χ3v) is 9.48. The number of alkyl halides is 3. The minimum Gasteiger partial charge on any atom is -0.361 e. The van der Waals surface area contributed by atoms with Gasteiger partial charge in [-0.1, -0.05) is 25.7 Å². The Morgan fingerprint density at radius 3 is 2.42 bits per heavy atom. The van der Waals surface area contributed by atoms with Gasteiger partial charge in [-0.2, -0.15) is 17.5 Å². The minimum absolute atomic E-state index is 0.0874. The number of nitrogens with one attached hydrogen (secondary N) is 1. The number of hydrogen-bond acceptors (Lipinski definition) is 4. The van der Waals surface area contributed by atoms with Crippen LogP contribution in [0, 0.1) is 11.7 Å². The molecule has 2 aromatic carbocycles. The number of fused-ring (bicyclic) bond motifs is 1. The third-order valence-electron chi connectivity index (χ3n) is 7.65. The SMILES string of the molecule is O=S(=O)(c1ccc(C(F)(F)F)cc1)N1Cc2cc(F)ccc2N(Cc2cnc[nH]2)[C@@H](CCC2CCCC2)C1. The molecule has 1 N–H and O–H groups in total. The topological polar surface area (TPSA) is 69.3 Å².